The van der Waals surface area contributed by atoms with Crippen LogP contribution in [-0.2, 0) is 6.18 Å². The average Bonchev–Trinajstić information content (AvgIpc) is 3.40. The van der Waals surface area contributed by atoms with Crippen molar-refractivity contribution in [3.63, 3.8) is 0 Å². The number of hydrogen-bond donors (Lipinski definition) is 2. The van der Waals surface area contributed by atoms with Crippen molar-refractivity contribution in [2.24, 2.45) is 23.2 Å². The van der Waals surface area contributed by atoms with Crippen LogP contribution in [-0.4, -0.2) is 25.5 Å². The van der Waals surface area contributed by atoms with Crippen LogP contribution < -0.4 is 10.6 Å². The van der Waals surface area contributed by atoms with Crippen LogP contribution >= 0.6 is 0 Å². The van der Waals surface area contributed by atoms with Crippen molar-refractivity contribution in [1.82, 2.24) is 10.6 Å². The zero-order valence-electron chi connectivity index (χ0n) is 13.3. The van der Waals surface area contributed by atoms with Crippen LogP contribution in [0, 0.1) is 23.2 Å². The van der Waals surface area contributed by atoms with E-state index in [1.54, 1.807) is 0 Å². The maximum atomic E-state index is 13.1. The summed E-state index contributed by atoms with van der Waals surface area (Å²) in [6.07, 6.45) is -0.913. The summed E-state index contributed by atoms with van der Waals surface area (Å²) >= 11 is 0. The molecule has 3 fully saturated rings. The maximum absolute atomic E-state index is 13.1. The molecule has 0 radical (unpaired) electrons. The Morgan fingerprint density at radius 3 is 2.50 bits per heavy atom. The van der Waals surface area contributed by atoms with Crippen LogP contribution in [0.25, 0.3) is 0 Å². The normalized spacial score (nSPS) is 31.6. The Morgan fingerprint density at radius 2 is 1.88 bits per heavy atom. The summed E-state index contributed by atoms with van der Waals surface area (Å²) in [6.45, 7) is 2.42. The number of fused-ring (bicyclic) bond motifs is 1. The standard InChI is InChI=1S/C18H21F3N2O/c19-18(20,21)13-4-2-1-3-12(13)16(24)23-10-17(7-11-5-6-11)14-8-22-9-15(14)17/h1-4,11,14-15,22H,5-10H2,(H,23,24). The van der Waals surface area contributed by atoms with Gasteiger partial charge < -0.3 is 10.6 Å². The number of hydrogen-bond acceptors (Lipinski definition) is 2. The number of carbonyl (C=O) groups is 1. The van der Waals surface area contributed by atoms with E-state index in [4.69, 9.17) is 0 Å². The third-order valence-electron chi connectivity index (χ3n) is 6.00. The topological polar surface area (TPSA) is 41.1 Å². The smallest absolute Gasteiger partial charge is 0.351 e. The highest BCUT2D eigenvalue weighted by Crippen LogP contribution is 2.65. The van der Waals surface area contributed by atoms with Gasteiger partial charge >= 0.3 is 6.18 Å². The van der Waals surface area contributed by atoms with E-state index in [0.717, 1.165) is 31.5 Å². The largest absolute Gasteiger partial charge is 0.417 e. The molecule has 24 heavy (non-hydrogen) atoms. The molecule has 4 rings (SSSR count). The number of piperidine rings is 1. The molecule has 2 saturated carbocycles. The summed E-state index contributed by atoms with van der Waals surface area (Å²) in [6, 6.07) is 5.00. The van der Waals surface area contributed by atoms with Crippen molar-refractivity contribution in [3.05, 3.63) is 35.4 Å². The molecule has 1 saturated heterocycles. The fourth-order valence-corrected chi connectivity index (χ4v) is 4.52. The predicted octanol–water partition coefficient (Wildman–Crippen LogP) is 3.07. The third-order valence-corrected chi connectivity index (χ3v) is 6.00. The number of benzene rings is 1. The van der Waals surface area contributed by atoms with E-state index >= 15 is 0 Å². The van der Waals surface area contributed by atoms with Crippen LogP contribution in [0.15, 0.2) is 24.3 Å². The summed E-state index contributed by atoms with van der Waals surface area (Å²) < 4.78 is 39.2. The van der Waals surface area contributed by atoms with Gasteiger partial charge in [-0.25, -0.2) is 0 Å². The molecule has 1 aliphatic heterocycles. The molecule has 3 aliphatic rings. The number of alkyl halides is 3. The van der Waals surface area contributed by atoms with Crippen LogP contribution in [0.1, 0.15) is 35.2 Å². The van der Waals surface area contributed by atoms with Gasteiger partial charge in [-0.3, -0.25) is 4.79 Å². The summed E-state index contributed by atoms with van der Waals surface area (Å²) in [5.41, 5.74) is -1.04. The Bertz CT molecular complexity index is 644. The molecule has 0 aromatic heterocycles. The van der Waals surface area contributed by atoms with E-state index in [0.29, 0.717) is 18.4 Å². The first-order valence-corrected chi connectivity index (χ1v) is 8.57. The molecule has 3 nitrogen and oxygen atoms in total. The van der Waals surface area contributed by atoms with Crippen molar-refractivity contribution in [2.75, 3.05) is 19.6 Å². The molecular formula is C18H21F3N2O. The Kier molecular flexibility index (Phi) is 3.64. The van der Waals surface area contributed by atoms with Gasteiger partial charge in [0.1, 0.15) is 0 Å². The summed E-state index contributed by atoms with van der Waals surface area (Å²) in [5.74, 6) is 1.26. The highest BCUT2D eigenvalue weighted by Gasteiger charge is 2.66. The van der Waals surface area contributed by atoms with Crippen molar-refractivity contribution in [1.29, 1.82) is 0 Å². The SMILES string of the molecule is O=C(NCC1(CC2CC2)C2CNCC21)c1ccccc1C(F)(F)F. The zero-order valence-corrected chi connectivity index (χ0v) is 13.3. The van der Waals surface area contributed by atoms with Gasteiger partial charge in [-0.2, -0.15) is 13.2 Å². The molecule has 2 aliphatic carbocycles. The lowest BCUT2D eigenvalue weighted by Gasteiger charge is -2.22. The Morgan fingerprint density at radius 1 is 1.21 bits per heavy atom. The quantitative estimate of drug-likeness (QED) is 0.866. The van der Waals surface area contributed by atoms with Crippen LogP contribution in [0.3, 0.4) is 0 Å². The number of amides is 1. The van der Waals surface area contributed by atoms with E-state index < -0.39 is 17.6 Å². The molecular weight excluding hydrogens is 317 g/mol. The van der Waals surface area contributed by atoms with Gasteiger partial charge in [-0.1, -0.05) is 25.0 Å². The minimum Gasteiger partial charge on any atom is -0.351 e. The highest BCUT2D eigenvalue weighted by molar-refractivity contribution is 5.95. The number of halogens is 3. The fourth-order valence-electron chi connectivity index (χ4n) is 4.52. The second-order valence-corrected chi connectivity index (χ2v) is 7.48. The summed E-state index contributed by atoms with van der Waals surface area (Å²) in [7, 11) is 0. The van der Waals surface area contributed by atoms with E-state index in [9.17, 15) is 18.0 Å². The molecule has 1 heterocycles. The van der Waals surface area contributed by atoms with Crippen molar-refractivity contribution >= 4 is 5.91 Å². The Hall–Kier alpha value is -1.56. The number of carbonyl (C=O) groups excluding carboxylic acids is 1. The lowest BCUT2D eigenvalue weighted by atomic mass is 9.92. The summed E-state index contributed by atoms with van der Waals surface area (Å²) in [5, 5.41) is 6.17. The molecule has 130 valence electrons. The lowest BCUT2D eigenvalue weighted by molar-refractivity contribution is -0.137. The summed E-state index contributed by atoms with van der Waals surface area (Å²) in [4.78, 5) is 12.4. The molecule has 6 heteroatoms. The molecule has 2 atom stereocenters. The second kappa shape index (κ2) is 5.48. The van der Waals surface area contributed by atoms with Crippen LogP contribution in [0.2, 0.25) is 0 Å². The van der Waals surface area contributed by atoms with Gasteiger partial charge in [0.25, 0.3) is 5.91 Å². The molecule has 1 amide bonds. The Balaban J connectivity index is 1.47. The van der Waals surface area contributed by atoms with Crippen molar-refractivity contribution in [3.8, 4) is 0 Å². The van der Waals surface area contributed by atoms with Crippen LogP contribution in [0.4, 0.5) is 13.2 Å². The predicted molar refractivity (Wildman–Crippen MR) is 83.4 cm³/mol. The van der Waals surface area contributed by atoms with Gasteiger partial charge in [0.2, 0.25) is 0 Å². The van der Waals surface area contributed by atoms with Gasteiger partial charge in [0.15, 0.2) is 0 Å². The molecule has 2 N–H and O–H groups in total. The van der Waals surface area contributed by atoms with Crippen LogP contribution in [0.5, 0.6) is 0 Å². The molecule has 2 unspecified atom stereocenters. The van der Waals surface area contributed by atoms with Crippen molar-refractivity contribution < 1.29 is 18.0 Å². The van der Waals surface area contributed by atoms with Crippen molar-refractivity contribution in [2.45, 2.75) is 25.4 Å². The van der Waals surface area contributed by atoms with E-state index in [1.807, 2.05) is 0 Å². The van der Waals surface area contributed by atoms with E-state index in [-0.39, 0.29) is 11.0 Å². The monoisotopic (exact) mass is 338 g/mol. The van der Waals surface area contributed by atoms with E-state index in [2.05, 4.69) is 10.6 Å². The van der Waals surface area contributed by atoms with Gasteiger partial charge in [-0.15, -0.1) is 0 Å². The third kappa shape index (κ3) is 2.70. The highest BCUT2D eigenvalue weighted by atomic mass is 19.4. The zero-order chi connectivity index (χ0) is 16.9. The maximum Gasteiger partial charge on any atom is 0.417 e. The average molecular weight is 338 g/mol. The molecule has 1 aromatic carbocycles. The van der Waals surface area contributed by atoms with E-state index in [1.165, 1.54) is 31.0 Å². The van der Waals surface area contributed by atoms with Gasteiger partial charge in [0, 0.05) is 6.54 Å². The first kappa shape index (κ1) is 15.9. The molecule has 1 aromatic rings. The number of nitrogens with one attached hydrogen (secondary N) is 2. The minimum atomic E-state index is -4.51. The first-order chi connectivity index (χ1) is 11.4. The lowest BCUT2D eigenvalue weighted by Crippen LogP contribution is -2.36. The molecule has 0 bridgehead atoms. The first-order valence-electron chi connectivity index (χ1n) is 8.57. The minimum absolute atomic E-state index is 0.106. The number of rotatable bonds is 5. The van der Waals surface area contributed by atoms with Gasteiger partial charge in [0.05, 0.1) is 11.1 Å². The second-order valence-electron chi connectivity index (χ2n) is 7.48. The Labute approximate surface area is 139 Å². The fraction of sp³-hybridized carbons (Fsp3) is 0.611. The van der Waals surface area contributed by atoms with Gasteiger partial charge in [-0.05, 0) is 54.8 Å². The molecule has 0 spiro atoms.